The van der Waals surface area contributed by atoms with Crippen LogP contribution in [0.2, 0.25) is 0 Å². The third kappa shape index (κ3) is 2.05. The van der Waals surface area contributed by atoms with Crippen LogP contribution in [0.1, 0.15) is 31.0 Å². The number of nitrogens with zero attached hydrogens (tertiary/aromatic N) is 1. The number of hydrogen-bond acceptors (Lipinski definition) is 2. The largest absolute Gasteiger partial charge is 0.329 e. The predicted molar refractivity (Wildman–Crippen MR) is 79.4 cm³/mol. The summed E-state index contributed by atoms with van der Waals surface area (Å²) >= 11 is 0. The molecule has 2 rings (SSSR count). The molecule has 0 saturated heterocycles. The Morgan fingerprint density at radius 3 is 2.26 bits per heavy atom. The molecular weight excluding hydrogens is 240 g/mol. The van der Waals surface area contributed by atoms with Gasteiger partial charge >= 0.3 is 5.69 Å². The van der Waals surface area contributed by atoms with E-state index in [0.29, 0.717) is 10.9 Å². The Bertz CT molecular complexity index is 779. The second kappa shape index (κ2) is 4.72. The lowest BCUT2D eigenvalue weighted by Gasteiger charge is -2.14. The van der Waals surface area contributed by atoms with E-state index in [0.717, 1.165) is 11.1 Å². The topological polar surface area (TPSA) is 54.9 Å². The van der Waals surface area contributed by atoms with Gasteiger partial charge in [0, 0.05) is 6.04 Å². The summed E-state index contributed by atoms with van der Waals surface area (Å²) in [6, 6.07) is 3.49. The molecule has 1 aromatic heterocycles. The second-order valence-corrected chi connectivity index (χ2v) is 4.63. The zero-order chi connectivity index (χ0) is 14.2. The van der Waals surface area contributed by atoms with Gasteiger partial charge in [-0.3, -0.25) is 14.3 Å². The van der Waals surface area contributed by atoms with Crippen molar-refractivity contribution in [2.45, 2.75) is 19.9 Å². The first kappa shape index (κ1) is 13.1. The number of fused-ring (bicyclic) bond motifs is 1. The van der Waals surface area contributed by atoms with E-state index in [4.69, 9.17) is 0 Å². The van der Waals surface area contributed by atoms with Crippen LogP contribution in [0.3, 0.4) is 0 Å². The number of aromatic nitrogens is 2. The Kier molecular flexibility index (Phi) is 3.25. The maximum absolute atomic E-state index is 11.9. The van der Waals surface area contributed by atoms with Crippen molar-refractivity contribution in [3.05, 3.63) is 57.3 Å². The fourth-order valence-electron chi connectivity index (χ4n) is 2.20. The predicted octanol–water partition coefficient (Wildman–Crippen LogP) is 2.56. The molecule has 19 heavy (non-hydrogen) atoms. The average molecular weight is 256 g/mol. The molecule has 0 atom stereocenters. The van der Waals surface area contributed by atoms with E-state index in [9.17, 15) is 9.59 Å². The molecule has 0 aliphatic heterocycles. The van der Waals surface area contributed by atoms with Gasteiger partial charge in [0.2, 0.25) is 0 Å². The fraction of sp³-hybridized carbons (Fsp3) is 0.200. The third-order valence-electron chi connectivity index (χ3n) is 3.10. The summed E-state index contributed by atoms with van der Waals surface area (Å²) in [5.41, 5.74) is 1.51. The van der Waals surface area contributed by atoms with E-state index in [1.165, 1.54) is 0 Å². The standard InChI is InChI=1S/C15H16N2O2/c1-5-10-7-12-13(8-11(10)6-2)17(9(3)4)15(19)16-14(12)18/h5-9H,1-2H2,3-4H3,(H,16,18,19). The highest BCUT2D eigenvalue weighted by Crippen LogP contribution is 2.20. The highest BCUT2D eigenvalue weighted by molar-refractivity contribution is 5.85. The number of H-pyrrole nitrogens is 1. The monoisotopic (exact) mass is 256 g/mol. The Morgan fingerprint density at radius 2 is 1.74 bits per heavy atom. The zero-order valence-electron chi connectivity index (χ0n) is 11.1. The van der Waals surface area contributed by atoms with Crippen molar-refractivity contribution in [2.75, 3.05) is 0 Å². The summed E-state index contributed by atoms with van der Waals surface area (Å²) in [7, 11) is 0. The number of hydrogen-bond donors (Lipinski definition) is 1. The molecule has 0 amide bonds. The molecule has 2 aromatic rings. The SMILES string of the molecule is C=Cc1cc2c(=O)[nH]c(=O)n(C(C)C)c2cc1C=C. The van der Waals surface area contributed by atoms with Crippen molar-refractivity contribution < 1.29 is 0 Å². The molecule has 4 nitrogen and oxygen atoms in total. The Morgan fingerprint density at radius 1 is 1.16 bits per heavy atom. The third-order valence-corrected chi connectivity index (χ3v) is 3.10. The van der Waals surface area contributed by atoms with Gasteiger partial charge in [0.25, 0.3) is 5.56 Å². The Labute approximate surface area is 110 Å². The van der Waals surface area contributed by atoms with Crippen LogP contribution in [0.5, 0.6) is 0 Å². The van der Waals surface area contributed by atoms with Crippen molar-refractivity contribution in [1.82, 2.24) is 9.55 Å². The maximum atomic E-state index is 11.9. The van der Waals surface area contributed by atoms with Gasteiger partial charge in [-0.2, -0.15) is 0 Å². The highest BCUT2D eigenvalue weighted by atomic mass is 16.2. The van der Waals surface area contributed by atoms with Crippen molar-refractivity contribution in [3.63, 3.8) is 0 Å². The maximum Gasteiger partial charge on any atom is 0.329 e. The first-order valence-electron chi connectivity index (χ1n) is 6.07. The molecule has 0 aliphatic carbocycles. The molecular formula is C15H16N2O2. The lowest BCUT2D eigenvalue weighted by atomic mass is 10.0. The van der Waals surface area contributed by atoms with Crippen LogP contribution in [0, 0.1) is 0 Å². The first-order valence-corrected chi connectivity index (χ1v) is 6.07. The average Bonchev–Trinajstić information content (AvgIpc) is 2.36. The number of rotatable bonds is 3. The van der Waals surface area contributed by atoms with Gasteiger partial charge in [-0.25, -0.2) is 4.79 Å². The van der Waals surface area contributed by atoms with Crippen molar-refractivity contribution in [3.8, 4) is 0 Å². The van der Waals surface area contributed by atoms with E-state index in [1.54, 1.807) is 28.9 Å². The fourth-order valence-corrected chi connectivity index (χ4v) is 2.20. The second-order valence-electron chi connectivity index (χ2n) is 4.63. The lowest BCUT2D eigenvalue weighted by Crippen LogP contribution is -2.31. The molecule has 1 N–H and O–H groups in total. The van der Waals surface area contributed by atoms with Crippen LogP contribution >= 0.6 is 0 Å². The summed E-state index contributed by atoms with van der Waals surface area (Å²) < 4.78 is 1.57. The summed E-state index contributed by atoms with van der Waals surface area (Å²) in [5.74, 6) is 0. The molecule has 1 aromatic carbocycles. The molecule has 0 aliphatic rings. The lowest BCUT2D eigenvalue weighted by molar-refractivity contribution is 0.584. The summed E-state index contributed by atoms with van der Waals surface area (Å²) in [4.78, 5) is 26.2. The van der Waals surface area contributed by atoms with Gasteiger partial charge in [-0.1, -0.05) is 25.3 Å². The van der Waals surface area contributed by atoms with Gasteiger partial charge in [-0.05, 0) is 37.1 Å². The van der Waals surface area contributed by atoms with Crippen LogP contribution < -0.4 is 11.2 Å². The Balaban J connectivity index is 3.06. The van der Waals surface area contributed by atoms with E-state index in [-0.39, 0.29) is 11.6 Å². The molecule has 4 heteroatoms. The van der Waals surface area contributed by atoms with Gasteiger partial charge in [0.15, 0.2) is 0 Å². The van der Waals surface area contributed by atoms with Crippen LogP contribution in [-0.2, 0) is 0 Å². The summed E-state index contributed by atoms with van der Waals surface area (Å²) in [5, 5.41) is 0.480. The highest BCUT2D eigenvalue weighted by Gasteiger charge is 2.11. The van der Waals surface area contributed by atoms with Gasteiger partial charge in [-0.15, -0.1) is 0 Å². The zero-order valence-corrected chi connectivity index (χ0v) is 11.1. The molecule has 0 spiro atoms. The smallest absolute Gasteiger partial charge is 0.291 e. The van der Waals surface area contributed by atoms with Crippen molar-refractivity contribution >= 4 is 23.1 Å². The van der Waals surface area contributed by atoms with E-state index >= 15 is 0 Å². The molecule has 1 heterocycles. The van der Waals surface area contributed by atoms with Gasteiger partial charge in [0.1, 0.15) is 0 Å². The summed E-state index contributed by atoms with van der Waals surface area (Å²) in [6.07, 6.45) is 3.35. The molecule has 0 unspecified atom stereocenters. The van der Waals surface area contributed by atoms with E-state index in [1.807, 2.05) is 13.8 Å². The number of aromatic amines is 1. The van der Waals surface area contributed by atoms with Crippen LogP contribution in [0.15, 0.2) is 34.9 Å². The molecule has 98 valence electrons. The van der Waals surface area contributed by atoms with Crippen LogP contribution in [0.4, 0.5) is 0 Å². The first-order chi connectivity index (χ1) is 8.99. The molecule has 0 bridgehead atoms. The van der Waals surface area contributed by atoms with Crippen LogP contribution in [0.25, 0.3) is 23.1 Å². The van der Waals surface area contributed by atoms with Gasteiger partial charge in [0.05, 0.1) is 10.9 Å². The summed E-state index contributed by atoms with van der Waals surface area (Å²) in [6.45, 7) is 11.3. The van der Waals surface area contributed by atoms with Gasteiger partial charge < -0.3 is 0 Å². The normalized spacial score (nSPS) is 10.9. The minimum absolute atomic E-state index is 0.0425. The van der Waals surface area contributed by atoms with Crippen LogP contribution in [-0.4, -0.2) is 9.55 Å². The van der Waals surface area contributed by atoms with Crippen molar-refractivity contribution in [2.24, 2.45) is 0 Å². The molecule has 0 fully saturated rings. The van der Waals surface area contributed by atoms with E-state index < -0.39 is 5.69 Å². The quantitative estimate of drug-likeness (QED) is 0.917. The Hall–Kier alpha value is -2.36. The minimum atomic E-state index is -0.395. The minimum Gasteiger partial charge on any atom is -0.291 e. The molecule has 0 saturated carbocycles. The number of benzene rings is 1. The van der Waals surface area contributed by atoms with Crippen molar-refractivity contribution in [1.29, 1.82) is 0 Å². The number of nitrogens with one attached hydrogen (secondary N) is 1. The van der Waals surface area contributed by atoms with E-state index in [2.05, 4.69) is 18.1 Å². The molecule has 0 radical (unpaired) electrons.